The average Bonchev–Trinajstić information content (AvgIpc) is 3.45. The summed E-state index contributed by atoms with van der Waals surface area (Å²) in [4.78, 5) is 44.3. The van der Waals surface area contributed by atoms with Gasteiger partial charge in [0.05, 0.1) is 12.1 Å². The number of hydrogen-bond donors (Lipinski definition) is 3. The third kappa shape index (κ3) is 9.13. The molecule has 42 heavy (non-hydrogen) atoms. The molecule has 8 nitrogen and oxygen atoms in total. The lowest BCUT2D eigenvalue weighted by Crippen LogP contribution is -2.59. The predicted molar refractivity (Wildman–Crippen MR) is 169 cm³/mol. The lowest BCUT2D eigenvalue weighted by atomic mass is 9.85. The van der Waals surface area contributed by atoms with E-state index in [1.807, 2.05) is 60.9 Å². The maximum Gasteiger partial charge on any atom is 0.246 e. The molecule has 0 unspecified atom stereocenters. The standard InChI is InChI=1S/C34H51N5O3/c1-7-25-15-17-27(18-16-25)22-29(35)32(41)38(21-19-26-12-9-8-10-13-26)23-28-14-11-20-39(28)33(42)30(34(3,4)5)37-31(40)24(2)36-6/h8-10,12-13,15-18,24,28-30,36H,7,11,14,19-23,35H2,1-6H3,(H,37,40)/t24-,28-,29+,30+/m0/s1. The van der Waals surface area contributed by atoms with Gasteiger partial charge < -0.3 is 26.2 Å². The summed E-state index contributed by atoms with van der Waals surface area (Å²) < 4.78 is 0. The molecule has 0 radical (unpaired) electrons. The fourth-order valence-corrected chi connectivity index (χ4v) is 5.47. The van der Waals surface area contributed by atoms with Crippen molar-refractivity contribution in [3.05, 3.63) is 71.3 Å². The van der Waals surface area contributed by atoms with Crippen molar-refractivity contribution in [2.45, 2.75) is 90.9 Å². The van der Waals surface area contributed by atoms with Gasteiger partial charge in [0.25, 0.3) is 0 Å². The summed E-state index contributed by atoms with van der Waals surface area (Å²) in [6, 6.07) is 16.5. The number of benzene rings is 2. The van der Waals surface area contributed by atoms with Gasteiger partial charge in [-0.1, -0.05) is 82.3 Å². The van der Waals surface area contributed by atoms with Crippen molar-refractivity contribution in [1.29, 1.82) is 0 Å². The van der Waals surface area contributed by atoms with E-state index in [2.05, 4.69) is 41.8 Å². The van der Waals surface area contributed by atoms with Crippen LogP contribution in [0.2, 0.25) is 0 Å². The van der Waals surface area contributed by atoms with E-state index in [1.165, 1.54) is 5.56 Å². The van der Waals surface area contributed by atoms with Crippen molar-refractivity contribution in [3.63, 3.8) is 0 Å². The van der Waals surface area contributed by atoms with E-state index in [4.69, 9.17) is 5.73 Å². The van der Waals surface area contributed by atoms with Gasteiger partial charge in [0.1, 0.15) is 6.04 Å². The molecule has 1 saturated heterocycles. The lowest BCUT2D eigenvalue weighted by molar-refractivity contribution is -0.142. The largest absolute Gasteiger partial charge is 0.342 e. The molecule has 1 fully saturated rings. The molecule has 0 aliphatic carbocycles. The Hall–Kier alpha value is -3.23. The van der Waals surface area contributed by atoms with Crippen molar-refractivity contribution in [1.82, 2.24) is 20.4 Å². The lowest BCUT2D eigenvalue weighted by Gasteiger charge is -2.38. The fraction of sp³-hybridized carbons (Fsp3) is 0.559. The maximum absolute atomic E-state index is 14.0. The molecule has 4 N–H and O–H groups in total. The first-order valence-electron chi connectivity index (χ1n) is 15.4. The molecule has 0 aromatic heterocycles. The Balaban J connectivity index is 1.79. The first-order chi connectivity index (χ1) is 19.9. The first-order valence-corrected chi connectivity index (χ1v) is 15.4. The third-order valence-electron chi connectivity index (χ3n) is 8.35. The second kappa shape index (κ2) is 15.3. The van der Waals surface area contributed by atoms with E-state index in [-0.39, 0.29) is 23.8 Å². The summed E-state index contributed by atoms with van der Waals surface area (Å²) in [6.45, 7) is 11.3. The molecule has 2 aromatic rings. The number of nitrogens with zero attached hydrogens (tertiary/aromatic N) is 2. The van der Waals surface area contributed by atoms with Crippen LogP contribution in [0.4, 0.5) is 0 Å². The van der Waals surface area contributed by atoms with Gasteiger partial charge in [-0.2, -0.15) is 0 Å². The van der Waals surface area contributed by atoms with E-state index in [9.17, 15) is 14.4 Å². The molecule has 0 saturated carbocycles. The van der Waals surface area contributed by atoms with Crippen molar-refractivity contribution in [3.8, 4) is 0 Å². The predicted octanol–water partition coefficient (Wildman–Crippen LogP) is 3.32. The molecule has 1 aliphatic rings. The Morgan fingerprint density at radius 2 is 1.67 bits per heavy atom. The maximum atomic E-state index is 14.0. The van der Waals surface area contributed by atoms with Crippen LogP contribution in [0.25, 0.3) is 0 Å². The van der Waals surface area contributed by atoms with Crippen molar-refractivity contribution in [2.24, 2.45) is 11.1 Å². The molecule has 2 aromatic carbocycles. The molecule has 1 aliphatic heterocycles. The van der Waals surface area contributed by atoms with Gasteiger partial charge in [-0.15, -0.1) is 0 Å². The average molecular weight is 578 g/mol. The zero-order valence-electron chi connectivity index (χ0n) is 26.4. The van der Waals surface area contributed by atoms with Crippen LogP contribution >= 0.6 is 0 Å². The molecule has 4 atom stereocenters. The van der Waals surface area contributed by atoms with E-state index in [1.54, 1.807) is 14.0 Å². The van der Waals surface area contributed by atoms with Crippen molar-refractivity contribution in [2.75, 3.05) is 26.7 Å². The molecule has 3 rings (SSSR count). The van der Waals surface area contributed by atoms with Crippen LogP contribution in [0.5, 0.6) is 0 Å². The van der Waals surface area contributed by atoms with E-state index < -0.39 is 23.5 Å². The van der Waals surface area contributed by atoms with Gasteiger partial charge >= 0.3 is 0 Å². The molecule has 230 valence electrons. The summed E-state index contributed by atoms with van der Waals surface area (Å²) in [6.07, 6.45) is 3.77. The SMILES string of the molecule is CCc1ccc(C[C@@H](N)C(=O)N(CCc2ccccc2)C[C@@H]2CCCN2C(=O)[C@@H](NC(=O)[C@H](C)NC)C(C)(C)C)cc1. The van der Waals surface area contributed by atoms with E-state index in [0.29, 0.717) is 32.5 Å². The second-order valence-corrected chi connectivity index (χ2v) is 12.6. The van der Waals surface area contributed by atoms with Crippen molar-refractivity contribution < 1.29 is 14.4 Å². The summed E-state index contributed by atoms with van der Waals surface area (Å²) in [5.41, 5.74) is 9.49. The van der Waals surface area contributed by atoms with Crippen LogP contribution in [0.15, 0.2) is 54.6 Å². The first kappa shape index (κ1) is 33.3. The topological polar surface area (TPSA) is 108 Å². The smallest absolute Gasteiger partial charge is 0.246 e. The van der Waals surface area contributed by atoms with Crippen LogP contribution in [-0.4, -0.2) is 78.4 Å². The highest BCUT2D eigenvalue weighted by Gasteiger charge is 2.41. The number of hydrogen-bond acceptors (Lipinski definition) is 5. The minimum atomic E-state index is -0.678. The second-order valence-electron chi connectivity index (χ2n) is 12.6. The minimum Gasteiger partial charge on any atom is -0.342 e. The number of amides is 3. The molecule has 1 heterocycles. The highest BCUT2D eigenvalue weighted by atomic mass is 16.2. The van der Waals surface area contributed by atoms with Gasteiger partial charge in [-0.25, -0.2) is 0 Å². The van der Waals surface area contributed by atoms with Crippen LogP contribution in [-0.2, 0) is 33.6 Å². The number of nitrogens with one attached hydrogen (secondary N) is 2. The highest BCUT2D eigenvalue weighted by Crippen LogP contribution is 2.26. The number of likely N-dealkylation sites (tertiary alicyclic amines) is 1. The summed E-state index contributed by atoms with van der Waals surface area (Å²) in [5, 5.41) is 5.93. The number of nitrogens with two attached hydrogens (primary N) is 1. The molecular weight excluding hydrogens is 526 g/mol. The number of carbonyl (C=O) groups excluding carboxylic acids is 3. The Bertz CT molecular complexity index is 1160. The van der Waals surface area contributed by atoms with Crippen molar-refractivity contribution >= 4 is 17.7 Å². The zero-order chi connectivity index (χ0) is 30.9. The summed E-state index contributed by atoms with van der Waals surface area (Å²) in [5.74, 6) is -0.412. The van der Waals surface area contributed by atoms with Crippen LogP contribution in [0.3, 0.4) is 0 Å². The van der Waals surface area contributed by atoms with Crippen LogP contribution in [0.1, 0.15) is 64.2 Å². The molecule has 0 spiro atoms. The number of aryl methyl sites for hydroxylation is 1. The zero-order valence-corrected chi connectivity index (χ0v) is 26.4. The summed E-state index contributed by atoms with van der Waals surface area (Å²) in [7, 11) is 1.72. The molecule has 3 amide bonds. The van der Waals surface area contributed by atoms with Gasteiger partial charge in [0, 0.05) is 25.7 Å². The van der Waals surface area contributed by atoms with E-state index >= 15 is 0 Å². The normalized spacial score (nSPS) is 17.4. The third-order valence-corrected chi connectivity index (χ3v) is 8.35. The Morgan fingerprint density at radius 3 is 2.26 bits per heavy atom. The van der Waals surface area contributed by atoms with E-state index in [0.717, 1.165) is 30.4 Å². The Labute approximate surface area is 252 Å². The molecular formula is C34H51N5O3. The van der Waals surface area contributed by atoms with Gasteiger partial charge in [-0.3, -0.25) is 14.4 Å². The molecule has 0 bridgehead atoms. The number of rotatable bonds is 13. The fourth-order valence-electron chi connectivity index (χ4n) is 5.47. The number of likely N-dealkylation sites (N-methyl/N-ethyl adjacent to an activating group) is 1. The summed E-state index contributed by atoms with van der Waals surface area (Å²) >= 11 is 0. The van der Waals surface area contributed by atoms with Crippen LogP contribution in [0, 0.1) is 5.41 Å². The number of carbonyl (C=O) groups is 3. The monoisotopic (exact) mass is 577 g/mol. The van der Waals surface area contributed by atoms with Gasteiger partial charge in [-0.05, 0) is 68.2 Å². The molecule has 8 heteroatoms. The Kier molecular flexibility index (Phi) is 12.1. The quantitative estimate of drug-likeness (QED) is 0.339. The highest BCUT2D eigenvalue weighted by molar-refractivity contribution is 5.90. The Morgan fingerprint density at radius 1 is 1.02 bits per heavy atom. The van der Waals surface area contributed by atoms with Gasteiger partial charge in [0.2, 0.25) is 17.7 Å². The van der Waals surface area contributed by atoms with Crippen LogP contribution < -0.4 is 16.4 Å². The van der Waals surface area contributed by atoms with Gasteiger partial charge in [0.15, 0.2) is 0 Å². The minimum absolute atomic E-state index is 0.0996.